The monoisotopic (exact) mass is 640 g/mol. The molecule has 3 atom stereocenters. The Bertz CT molecular complexity index is 1800. The molecule has 1 aliphatic carbocycles. The smallest absolute Gasteiger partial charge is 0.272 e. The first-order chi connectivity index (χ1) is 23.4. The van der Waals surface area contributed by atoms with E-state index in [1.807, 2.05) is 109 Å². The van der Waals surface area contributed by atoms with Crippen molar-refractivity contribution in [2.24, 2.45) is 28.5 Å². The van der Waals surface area contributed by atoms with Crippen molar-refractivity contribution in [1.29, 1.82) is 0 Å². The van der Waals surface area contributed by atoms with Crippen LogP contribution in [-0.2, 0) is 20.9 Å². The van der Waals surface area contributed by atoms with Gasteiger partial charge >= 0.3 is 0 Å². The van der Waals surface area contributed by atoms with Crippen molar-refractivity contribution < 1.29 is 19.1 Å². The number of amides is 3. The fourth-order valence-corrected chi connectivity index (χ4v) is 6.47. The van der Waals surface area contributed by atoms with Crippen molar-refractivity contribution in [1.82, 2.24) is 5.32 Å². The maximum atomic E-state index is 14.6. The highest BCUT2D eigenvalue weighted by atomic mass is 16.5. The number of hydrogen-bond acceptors (Lipinski definition) is 5. The molecule has 0 radical (unpaired) electrons. The molecule has 2 aliphatic rings. The number of benzodiazepines with no additional fused rings is 1. The van der Waals surface area contributed by atoms with E-state index in [1.165, 1.54) is 0 Å². The van der Waals surface area contributed by atoms with E-state index >= 15 is 0 Å². The number of benzene rings is 4. The van der Waals surface area contributed by atoms with E-state index in [0.717, 1.165) is 36.0 Å². The molecule has 1 aliphatic heterocycles. The number of hydrogen-bond donors (Lipinski definition) is 2. The van der Waals surface area contributed by atoms with Crippen LogP contribution in [0.25, 0.3) is 0 Å². The van der Waals surface area contributed by atoms with Gasteiger partial charge in [0, 0.05) is 11.1 Å². The van der Waals surface area contributed by atoms with Crippen LogP contribution in [0.1, 0.15) is 48.8 Å². The Morgan fingerprint density at radius 2 is 1.60 bits per heavy atom. The third kappa shape index (κ3) is 7.39. The van der Waals surface area contributed by atoms with Crippen LogP contribution in [0.3, 0.4) is 0 Å². The summed E-state index contributed by atoms with van der Waals surface area (Å²) in [6.45, 7) is 4.00. The number of ether oxygens (including phenoxy) is 1. The van der Waals surface area contributed by atoms with E-state index in [1.54, 1.807) is 11.0 Å². The van der Waals surface area contributed by atoms with Gasteiger partial charge in [0.2, 0.25) is 18.0 Å². The first-order valence-electron chi connectivity index (χ1n) is 16.5. The minimum Gasteiger partial charge on any atom is -0.457 e. The van der Waals surface area contributed by atoms with Crippen LogP contribution >= 0.6 is 0 Å². The lowest BCUT2D eigenvalue weighted by Crippen LogP contribution is -2.51. The summed E-state index contributed by atoms with van der Waals surface area (Å²) < 4.78 is 6.08. The summed E-state index contributed by atoms with van der Waals surface area (Å²) in [6.07, 6.45) is 4.25. The SMILES string of the molecule is C=CC[C@H](C(N)=O)[C@@H](CC1CCC1)C(=O)NC1N=C(c2ccccc2)c2ccccc2N(Cc2cccc(Oc3ccccc3)c2)C1=O. The standard InChI is InChI=1S/C40H40N4O4/c1-2-13-32(37(41)45)34(25-27-14-11-15-27)39(46)43-38-40(47)44(26-28-16-12-21-31(24-28)48-30-19-7-4-8-20-30)35-23-10-9-22-33(35)36(42-38)29-17-5-3-6-18-29/h2-10,12,16-24,27,32,34,38H,1,11,13-15,25-26H2,(H2,41,45)(H,43,46)/t32-,34+,38?/m0/s1. The molecule has 0 spiro atoms. The molecule has 1 fully saturated rings. The highest BCUT2D eigenvalue weighted by Crippen LogP contribution is 2.36. The highest BCUT2D eigenvalue weighted by molar-refractivity contribution is 6.20. The van der Waals surface area contributed by atoms with Crippen molar-refractivity contribution in [2.75, 3.05) is 4.90 Å². The molecule has 0 bridgehead atoms. The van der Waals surface area contributed by atoms with Gasteiger partial charge in [-0.3, -0.25) is 14.4 Å². The molecule has 1 heterocycles. The maximum absolute atomic E-state index is 14.6. The van der Waals surface area contributed by atoms with Crippen molar-refractivity contribution in [3.63, 3.8) is 0 Å². The van der Waals surface area contributed by atoms with Crippen LogP contribution in [-0.4, -0.2) is 29.6 Å². The summed E-state index contributed by atoms with van der Waals surface area (Å²) in [6, 6.07) is 34.4. The van der Waals surface area contributed by atoms with Crippen LogP contribution in [0, 0.1) is 17.8 Å². The Morgan fingerprint density at radius 1 is 0.917 bits per heavy atom. The van der Waals surface area contributed by atoms with Crippen LogP contribution in [0.4, 0.5) is 5.69 Å². The van der Waals surface area contributed by atoms with Crippen molar-refractivity contribution in [3.05, 3.63) is 139 Å². The van der Waals surface area contributed by atoms with Gasteiger partial charge in [0.05, 0.1) is 29.8 Å². The molecule has 3 N–H and O–H groups in total. The molecule has 0 saturated heterocycles. The van der Waals surface area contributed by atoms with Gasteiger partial charge in [0.25, 0.3) is 5.91 Å². The predicted octanol–water partition coefficient (Wildman–Crippen LogP) is 6.79. The largest absolute Gasteiger partial charge is 0.457 e. The topological polar surface area (TPSA) is 114 Å². The summed E-state index contributed by atoms with van der Waals surface area (Å²) in [4.78, 5) is 48.0. The Balaban J connectivity index is 1.37. The van der Waals surface area contributed by atoms with Gasteiger partial charge in [-0.25, -0.2) is 4.99 Å². The number of aliphatic imine (C=N–C) groups is 1. The number of nitrogens with zero attached hydrogens (tertiary/aromatic N) is 2. The number of nitrogens with two attached hydrogens (primary N) is 1. The number of primary amides is 1. The third-order valence-corrected chi connectivity index (χ3v) is 9.17. The summed E-state index contributed by atoms with van der Waals surface area (Å²) in [5.74, 6) is -1.13. The molecule has 4 aromatic carbocycles. The molecule has 1 saturated carbocycles. The summed E-state index contributed by atoms with van der Waals surface area (Å²) in [5.41, 5.74) is 9.49. The number of allylic oxidation sites excluding steroid dienone is 1. The van der Waals surface area contributed by atoms with E-state index in [4.69, 9.17) is 15.5 Å². The van der Waals surface area contributed by atoms with Crippen molar-refractivity contribution in [2.45, 2.75) is 44.8 Å². The quantitative estimate of drug-likeness (QED) is 0.157. The number of rotatable bonds is 13. The van der Waals surface area contributed by atoms with Crippen molar-refractivity contribution in [3.8, 4) is 11.5 Å². The molecule has 0 aromatic heterocycles. The number of fused-ring (bicyclic) bond motifs is 1. The molecule has 8 heteroatoms. The number of anilines is 1. The second kappa shape index (κ2) is 14.9. The molecule has 3 amide bonds. The average Bonchev–Trinajstić information content (AvgIpc) is 3.19. The minimum absolute atomic E-state index is 0.206. The molecule has 48 heavy (non-hydrogen) atoms. The predicted molar refractivity (Wildman–Crippen MR) is 188 cm³/mol. The van der Waals surface area contributed by atoms with Gasteiger partial charge in [-0.05, 0) is 54.7 Å². The van der Waals surface area contributed by atoms with Crippen LogP contribution in [0.5, 0.6) is 11.5 Å². The van der Waals surface area contributed by atoms with Gasteiger partial charge in [-0.15, -0.1) is 6.58 Å². The number of para-hydroxylation sites is 2. The number of carbonyl (C=O) groups is 3. The number of nitrogens with one attached hydrogen (secondary N) is 1. The molecule has 244 valence electrons. The Labute approximate surface area is 281 Å². The lowest BCUT2D eigenvalue weighted by atomic mass is 9.74. The molecule has 6 rings (SSSR count). The molecule has 8 nitrogen and oxygen atoms in total. The first kappa shape index (κ1) is 32.4. The van der Waals surface area contributed by atoms with Gasteiger partial charge in [0.15, 0.2) is 0 Å². The highest BCUT2D eigenvalue weighted by Gasteiger charge is 2.39. The Hall–Kier alpha value is -5.50. The normalized spacial score (nSPS) is 17.2. The minimum atomic E-state index is -1.25. The molecule has 1 unspecified atom stereocenters. The zero-order valence-electron chi connectivity index (χ0n) is 26.8. The lowest BCUT2D eigenvalue weighted by molar-refractivity contribution is -0.136. The lowest BCUT2D eigenvalue weighted by Gasteiger charge is -2.32. The number of carbonyl (C=O) groups excluding carboxylic acids is 3. The van der Waals surface area contributed by atoms with E-state index < -0.39 is 35.7 Å². The third-order valence-electron chi connectivity index (χ3n) is 9.17. The van der Waals surface area contributed by atoms with E-state index in [-0.39, 0.29) is 13.0 Å². The molecular formula is C40H40N4O4. The Morgan fingerprint density at radius 3 is 2.29 bits per heavy atom. The van der Waals surface area contributed by atoms with Crippen LogP contribution in [0.15, 0.2) is 127 Å². The average molecular weight is 641 g/mol. The first-order valence-corrected chi connectivity index (χ1v) is 16.5. The second-order valence-corrected chi connectivity index (χ2v) is 12.4. The fraction of sp³-hybridized carbons (Fsp3) is 0.250. The van der Waals surface area contributed by atoms with Gasteiger partial charge < -0.3 is 20.7 Å². The van der Waals surface area contributed by atoms with E-state index in [2.05, 4.69) is 11.9 Å². The van der Waals surface area contributed by atoms with E-state index in [9.17, 15) is 14.4 Å². The Kier molecular flexibility index (Phi) is 10.1. The van der Waals surface area contributed by atoms with Gasteiger partial charge in [0.1, 0.15) is 11.5 Å². The summed E-state index contributed by atoms with van der Waals surface area (Å²) in [7, 11) is 0. The van der Waals surface area contributed by atoms with Crippen molar-refractivity contribution >= 4 is 29.1 Å². The molecular weight excluding hydrogens is 600 g/mol. The fourth-order valence-electron chi connectivity index (χ4n) is 6.47. The van der Waals surface area contributed by atoms with Gasteiger partial charge in [-0.1, -0.05) is 104 Å². The summed E-state index contributed by atoms with van der Waals surface area (Å²) in [5, 5.41) is 2.97. The zero-order valence-corrected chi connectivity index (χ0v) is 26.8. The summed E-state index contributed by atoms with van der Waals surface area (Å²) >= 11 is 0. The zero-order chi connectivity index (χ0) is 33.5. The van der Waals surface area contributed by atoms with Crippen LogP contribution in [0.2, 0.25) is 0 Å². The van der Waals surface area contributed by atoms with Gasteiger partial charge in [-0.2, -0.15) is 0 Å². The maximum Gasteiger partial charge on any atom is 0.272 e. The second-order valence-electron chi connectivity index (χ2n) is 12.4. The van der Waals surface area contributed by atoms with Crippen LogP contribution < -0.4 is 20.7 Å². The molecule has 4 aromatic rings. The van der Waals surface area contributed by atoms with E-state index in [0.29, 0.717) is 35.2 Å².